The SMILES string of the molecule is CCC(C)(C)COCC1(CO)CCC(C(C)(C)C2CN2)CC1. The van der Waals surface area contributed by atoms with E-state index >= 15 is 0 Å². The Hall–Kier alpha value is -0.120. The molecule has 0 amide bonds. The summed E-state index contributed by atoms with van der Waals surface area (Å²) in [6, 6.07) is 0.709. The van der Waals surface area contributed by atoms with Crippen LogP contribution in [0.25, 0.3) is 0 Å². The van der Waals surface area contributed by atoms with E-state index in [0.29, 0.717) is 11.5 Å². The Balaban J connectivity index is 1.83. The lowest BCUT2D eigenvalue weighted by molar-refractivity contribution is -0.0546. The van der Waals surface area contributed by atoms with Gasteiger partial charge in [0.25, 0.3) is 0 Å². The molecule has 1 aliphatic carbocycles. The highest BCUT2D eigenvalue weighted by atomic mass is 16.5. The van der Waals surface area contributed by atoms with Crippen LogP contribution in [0.15, 0.2) is 0 Å². The molecule has 22 heavy (non-hydrogen) atoms. The molecule has 1 saturated heterocycles. The highest BCUT2D eigenvalue weighted by molar-refractivity contribution is 5.01. The molecule has 2 fully saturated rings. The van der Waals surface area contributed by atoms with E-state index in [2.05, 4.69) is 39.9 Å². The van der Waals surface area contributed by atoms with E-state index < -0.39 is 0 Å². The second-order valence-electron chi connectivity index (χ2n) is 9.23. The van der Waals surface area contributed by atoms with Crippen molar-refractivity contribution in [3.63, 3.8) is 0 Å². The third-order valence-corrected chi connectivity index (χ3v) is 6.60. The summed E-state index contributed by atoms with van der Waals surface area (Å²) in [4.78, 5) is 0. The van der Waals surface area contributed by atoms with Gasteiger partial charge in [-0.05, 0) is 48.9 Å². The molecule has 2 aliphatic rings. The van der Waals surface area contributed by atoms with Gasteiger partial charge in [-0.25, -0.2) is 0 Å². The van der Waals surface area contributed by atoms with Gasteiger partial charge in [-0.15, -0.1) is 0 Å². The standard InChI is InChI=1S/C19H37NO2/c1-6-17(2,3)13-22-14-19(12-21)9-7-15(8-10-19)18(4,5)16-11-20-16/h15-16,20-21H,6-14H2,1-5H3. The Bertz CT molecular complexity index is 352. The highest BCUT2D eigenvalue weighted by Gasteiger charge is 2.46. The van der Waals surface area contributed by atoms with E-state index in [-0.39, 0.29) is 17.4 Å². The molecule has 0 bridgehead atoms. The summed E-state index contributed by atoms with van der Waals surface area (Å²) in [6.07, 6.45) is 5.80. The molecule has 130 valence electrons. The van der Waals surface area contributed by atoms with Crippen LogP contribution in [0.2, 0.25) is 0 Å². The van der Waals surface area contributed by atoms with Crippen LogP contribution in [0.4, 0.5) is 0 Å². The van der Waals surface area contributed by atoms with Crippen molar-refractivity contribution in [2.45, 2.75) is 72.8 Å². The van der Waals surface area contributed by atoms with E-state index in [1.165, 1.54) is 19.4 Å². The van der Waals surface area contributed by atoms with Crippen LogP contribution in [0.3, 0.4) is 0 Å². The summed E-state index contributed by atoms with van der Waals surface area (Å²) in [6.45, 7) is 14.5. The van der Waals surface area contributed by atoms with Crippen molar-refractivity contribution in [1.29, 1.82) is 0 Å². The second-order valence-corrected chi connectivity index (χ2v) is 9.23. The molecule has 0 aromatic rings. The molecule has 1 heterocycles. The van der Waals surface area contributed by atoms with Gasteiger partial charge in [0.15, 0.2) is 0 Å². The lowest BCUT2D eigenvalue weighted by Gasteiger charge is -2.44. The largest absolute Gasteiger partial charge is 0.396 e. The lowest BCUT2D eigenvalue weighted by Crippen LogP contribution is -2.41. The van der Waals surface area contributed by atoms with Crippen LogP contribution >= 0.6 is 0 Å². The molecular weight excluding hydrogens is 274 g/mol. The van der Waals surface area contributed by atoms with Gasteiger partial charge >= 0.3 is 0 Å². The normalized spacial score (nSPS) is 33.0. The smallest absolute Gasteiger partial charge is 0.0544 e. The number of hydrogen-bond donors (Lipinski definition) is 2. The average molecular weight is 312 g/mol. The van der Waals surface area contributed by atoms with Crippen LogP contribution in [0.1, 0.15) is 66.7 Å². The molecule has 1 unspecified atom stereocenters. The van der Waals surface area contributed by atoms with E-state index in [1.807, 2.05) is 0 Å². The summed E-state index contributed by atoms with van der Waals surface area (Å²) < 4.78 is 6.03. The minimum atomic E-state index is 0.00732. The predicted octanol–water partition coefficient (Wildman–Crippen LogP) is 3.61. The first-order valence-electron chi connectivity index (χ1n) is 9.17. The predicted molar refractivity (Wildman–Crippen MR) is 91.9 cm³/mol. The Morgan fingerprint density at radius 2 is 1.77 bits per heavy atom. The van der Waals surface area contributed by atoms with Gasteiger partial charge in [0.05, 0.1) is 19.8 Å². The van der Waals surface area contributed by atoms with Crippen molar-refractivity contribution in [2.24, 2.45) is 22.2 Å². The second kappa shape index (κ2) is 6.78. The molecule has 0 aromatic carbocycles. The zero-order valence-electron chi connectivity index (χ0n) is 15.4. The van der Waals surface area contributed by atoms with Gasteiger partial charge in [-0.3, -0.25) is 0 Å². The number of hydrogen-bond acceptors (Lipinski definition) is 3. The average Bonchev–Trinajstić information content (AvgIpc) is 3.32. The van der Waals surface area contributed by atoms with Gasteiger partial charge < -0.3 is 15.2 Å². The molecule has 1 atom stereocenters. The molecule has 0 radical (unpaired) electrons. The lowest BCUT2D eigenvalue weighted by atomic mass is 9.63. The highest BCUT2D eigenvalue weighted by Crippen LogP contribution is 2.48. The zero-order valence-corrected chi connectivity index (χ0v) is 15.4. The number of aliphatic hydroxyl groups is 1. The van der Waals surface area contributed by atoms with Crippen LogP contribution in [-0.2, 0) is 4.74 Å². The maximum absolute atomic E-state index is 9.95. The minimum absolute atomic E-state index is 0.00732. The third-order valence-electron chi connectivity index (χ3n) is 6.60. The summed E-state index contributed by atoms with van der Waals surface area (Å²) in [7, 11) is 0. The van der Waals surface area contributed by atoms with Gasteiger partial charge in [0, 0.05) is 18.0 Å². The molecule has 2 N–H and O–H groups in total. The quantitative estimate of drug-likeness (QED) is 0.673. The Labute approximate surface area is 137 Å². The molecule has 1 saturated carbocycles. The van der Waals surface area contributed by atoms with E-state index in [0.717, 1.165) is 38.4 Å². The first-order valence-corrected chi connectivity index (χ1v) is 9.17. The van der Waals surface area contributed by atoms with Crippen LogP contribution in [0, 0.1) is 22.2 Å². The van der Waals surface area contributed by atoms with Crippen LogP contribution < -0.4 is 5.32 Å². The monoisotopic (exact) mass is 311 g/mol. The molecule has 0 spiro atoms. The van der Waals surface area contributed by atoms with Crippen molar-refractivity contribution in [3.8, 4) is 0 Å². The Morgan fingerprint density at radius 3 is 2.23 bits per heavy atom. The van der Waals surface area contributed by atoms with Crippen molar-refractivity contribution < 1.29 is 9.84 Å². The first kappa shape index (κ1) is 18.2. The fourth-order valence-corrected chi connectivity index (χ4v) is 3.84. The van der Waals surface area contributed by atoms with Crippen molar-refractivity contribution >= 4 is 0 Å². The summed E-state index contributed by atoms with van der Waals surface area (Å²) in [5.74, 6) is 0.777. The molecule has 0 aromatic heterocycles. The number of nitrogens with one attached hydrogen (secondary N) is 1. The van der Waals surface area contributed by atoms with Crippen LogP contribution in [-0.4, -0.2) is 37.5 Å². The maximum atomic E-state index is 9.95. The first-order chi connectivity index (χ1) is 10.2. The third kappa shape index (κ3) is 4.24. The maximum Gasteiger partial charge on any atom is 0.0544 e. The number of rotatable bonds is 8. The molecule has 3 heteroatoms. The van der Waals surface area contributed by atoms with Crippen molar-refractivity contribution in [3.05, 3.63) is 0 Å². The number of aliphatic hydroxyl groups excluding tert-OH is 1. The molecular formula is C19H37NO2. The van der Waals surface area contributed by atoms with Gasteiger partial charge in [-0.1, -0.05) is 34.6 Å². The zero-order chi connectivity index (χ0) is 16.4. The summed E-state index contributed by atoms with van der Waals surface area (Å²) in [5.41, 5.74) is 0.646. The van der Waals surface area contributed by atoms with Gasteiger partial charge in [0.1, 0.15) is 0 Å². The van der Waals surface area contributed by atoms with Crippen molar-refractivity contribution in [1.82, 2.24) is 5.32 Å². The Morgan fingerprint density at radius 1 is 1.18 bits per heavy atom. The number of ether oxygens (including phenoxy) is 1. The molecule has 1 aliphatic heterocycles. The topological polar surface area (TPSA) is 51.4 Å². The summed E-state index contributed by atoms with van der Waals surface area (Å²) >= 11 is 0. The molecule has 3 nitrogen and oxygen atoms in total. The van der Waals surface area contributed by atoms with Gasteiger partial charge in [-0.2, -0.15) is 0 Å². The van der Waals surface area contributed by atoms with E-state index in [1.54, 1.807) is 0 Å². The van der Waals surface area contributed by atoms with Crippen molar-refractivity contribution in [2.75, 3.05) is 26.4 Å². The van der Waals surface area contributed by atoms with Crippen LogP contribution in [0.5, 0.6) is 0 Å². The summed E-state index contributed by atoms with van der Waals surface area (Å²) in [5, 5.41) is 13.4. The Kier molecular flexibility index (Phi) is 5.62. The minimum Gasteiger partial charge on any atom is -0.396 e. The van der Waals surface area contributed by atoms with Gasteiger partial charge in [0.2, 0.25) is 0 Å². The van der Waals surface area contributed by atoms with E-state index in [9.17, 15) is 5.11 Å². The fraction of sp³-hybridized carbons (Fsp3) is 1.00. The van der Waals surface area contributed by atoms with E-state index in [4.69, 9.17) is 4.74 Å². The molecule has 2 rings (SSSR count). The fourth-order valence-electron chi connectivity index (χ4n) is 3.84.